The number of anilines is 2. The summed E-state index contributed by atoms with van der Waals surface area (Å²) in [6, 6.07) is 3.68. The van der Waals surface area contributed by atoms with E-state index >= 15 is 0 Å². The molecule has 0 aliphatic heterocycles. The maximum Gasteiger partial charge on any atom is 0.336 e. The summed E-state index contributed by atoms with van der Waals surface area (Å²) in [5, 5.41) is 10.4. The highest BCUT2D eigenvalue weighted by molar-refractivity contribution is 9.10. The van der Waals surface area contributed by atoms with Crippen LogP contribution in [0.2, 0.25) is 10.0 Å². The van der Waals surface area contributed by atoms with Crippen molar-refractivity contribution < 1.29 is 4.74 Å². The SMILES string of the molecule is COc1n[nH]c(Nc2cc(Cl)c(Br)c(Cl)c2)n1. The molecule has 1 aromatic carbocycles. The largest absolute Gasteiger partial charge is 0.466 e. The van der Waals surface area contributed by atoms with Crippen LogP contribution in [-0.2, 0) is 0 Å². The van der Waals surface area contributed by atoms with E-state index in [0.717, 1.165) is 0 Å². The summed E-state index contributed by atoms with van der Waals surface area (Å²) < 4.78 is 5.50. The van der Waals surface area contributed by atoms with Gasteiger partial charge in [-0.05, 0) is 28.1 Å². The van der Waals surface area contributed by atoms with E-state index in [9.17, 15) is 0 Å². The van der Waals surface area contributed by atoms with Crippen molar-refractivity contribution in [2.24, 2.45) is 0 Å². The van der Waals surface area contributed by atoms with E-state index in [4.69, 9.17) is 27.9 Å². The first kappa shape index (κ1) is 12.5. The van der Waals surface area contributed by atoms with Crippen molar-refractivity contribution in [3.63, 3.8) is 0 Å². The van der Waals surface area contributed by atoms with E-state index in [0.29, 0.717) is 26.2 Å². The predicted octanol–water partition coefficient (Wildman–Crippen LogP) is 3.63. The third kappa shape index (κ3) is 2.83. The van der Waals surface area contributed by atoms with Crippen molar-refractivity contribution in [2.45, 2.75) is 0 Å². The summed E-state index contributed by atoms with van der Waals surface area (Å²) in [6.07, 6.45) is 0. The second-order valence-corrected chi connectivity index (χ2v) is 4.66. The number of rotatable bonds is 3. The number of ether oxygens (including phenoxy) is 1. The average molecular weight is 338 g/mol. The number of nitrogens with zero attached hydrogens (tertiary/aromatic N) is 2. The van der Waals surface area contributed by atoms with Gasteiger partial charge in [0.25, 0.3) is 0 Å². The maximum absolute atomic E-state index is 5.98. The van der Waals surface area contributed by atoms with Gasteiger partial charge >= 0.3 is 6.01 Å². The van der Waals surface area contributed by atoms with Crippen molar-refractivity contribution in [1.82, 2.24) is 15.2 Å². The lowest BCUT2D eigenvalue weighted by molar-refractivity contribution is 0.382. The molecule has 2 aromatic rings. The summed E-state index contributed by atoms with van der Waals surface area (Å²) in [6.45, 7) is 0. The number of halogens is 3. The molecule has 8 heteroatoms. The van der Waals surface area contributed by atoms with Gasteiger partial charge in [0.15, 0.2) is 0 Å². The van der Waals surface area contributed by atoms with Crippen LogP contribution in [0.5, 0.6) is 6.01 Å². The first-order valence-corrected chi connectivity index (χ1v) is 6.03. The number of aromatic nitrogens is 3. The minimum absolute atomic E-state index is 0.252. The van der Waals surface area contributed by atoms with Gasteiger partial charge in [0.1, 0.15) is 0 Å². The molecule has 0 aliphatic carbocycles. The molecule has 0 radical (unpaired) electrons. The maximum atomic E-state index is 5.98. The highest BCUT2D eigenvalue weighted by atomic mass is 79.9. The van der Waals surface area contributed by atoms with Crippen molar-refractivity contribution in [2.75, 3.05) is 12.4 Å². The number of nitrogens with one attached hydrogen (secondary N) is 2. The minimum atomic E-state index is 0.252. The van der Waals surface area contributed by atoms with Crippen molar-refractivity contribution in [3.8, 4) is 6.01 Å². The molecular weight excluding hydrogens is 331 g/mol. The lowest BCUT2D eigenvalue weighted by Crippen LogP contribution is -1.93. The van der Waals surface area contributed by atoms with Crippen LogP contribution in [0.3, 0.4) is 0 Å². The van der Waals surface area contributed by atoms with Gasteiger partial charge in [-0.2, -0.15) is 4.98 Å². The Balaban J connectivity index is 2.24. The van der Waals surface area contributed by atoms with Crippen LogP contribution in [0.15, 0.2) is 16.6 Å². The third-order valence-corrected chi connectivity index (χ3v) is 3.80. The molecule has 0 amide bonds. The molecule has 0 fully saturated rings. The number of hydrogen-bond donors (Lipinski definition) is 2. The molecule has 17 heavy (non-hydrogen) atoms. The zero-order valence-corrected chi connectivity index (χ0v) is 11.7. The van der Waals surface area contributed by atoms with Crippen LogP contribution in [0.1, 0.15) is 0 Å². The summed E-state index contributed by atoms with van der Waals surface area (Å²) in [5.74, 6) is 0.441. The molecule has 0 saturated carbocycles. The standard InChI is InChI=1S/C9H7BrCl2N4O/c1-17-9-14-8(15-16-9)13-4-2-5(11)7(10)6(12)3-4/h2-3H,1H3,(H2,13,14,15,16). The topological polar surface area (TPSA) is 62.8 Å². The Morgan fingerprint density at radius 2 is 2.00 bits per heavy atom. The van der Waals surface area contributed by atoms with Gasteiger partial charge in [-0.1, -0.05) is 23.2 Å². The Morgan fingerprint density at radius 3 is 2.53 bits per heavy atom. The molecule has 90 valence electrons. The number of hydrogen-bond acceptors (Lipinski definition) is 4. The van der Waals surface area contributed by atoms with Crippen LogP contribution >= 0.6 is 39.1 Å². The van der Waals surface area contributed by atoms with Crippen LogP contribution in [-0.4, -0.2) is 22.3 Å². The lowest BCUT2D eigenvalue weighted by Gasteiger charge is -2.05. The number of methoxy groups -OCH3 is 1. The second-order valence-electron chi connectivity index (χ2n) is 3.05. The summed E-state index contributed by atoms with van der Waals surface area (Å²) in [7, 11) is 1.49. The fourth-order valence-corrected chi connectivity index (χ4v) is 1.87. The van der Waals surface area contributed by atoms with E-state index in [1.165, 1.54) is 7.11 Å². The molecule has 0 aliphatic rings. The van der Waals surface area contributed by atoms with E-state index in [2.05, 4.69) is 36.4 Å². The Bertz CT molecular complexity index is 523. The molecule has 2 rings (SSSR count). The van der Waals surface area contributed by atoms with Gasteiger partial charge in [0.2, 0.25) is 5.95 Å². The Hall–Kier alpha value is -0.980. The van der Waals surface area contributed by atoms with Crippen LogP contribution in [0.25, 0.3) is 0 Å². The molecule has 0 unspecified atom stereocenters. The normalized spacial score (nSPS) is 10.4. The van der Waals surface area contributed by atoms with Gasteiger partial charge in [-0.25, -0.2) is 5.10 Å². The van der Waals surface area contributed by atoms with E-state index in [1.54, 1.807) is 12.1 Å². The highest BCUT2D eigenvalue weighted by Gasteiger charge is 2.07. The zero-order chi connectivity index (χ0) is 12.4. The monoisotopic (exact) mass is 336 g/mol. The second kappa shape index (κ2) is 5.12. The van der Waals surface area contributed by atoms with Gasteiger partial charge in [0, 0.05) is 5.69 Å². The first-order valence-electron chi connectivity index (χ1n) is 4.48. The zero-order valence-electron chi connectivity index (χ0n) is 8.59. The van der Waals surface area contributed by atoms with E-state index in [1.807, 2.05) is 0 Å². The fourth-order valence-electron chi connectivity index (χ4n) is 1.16. The predicted molar refractivity (Wildman–Crippen MR) is 70.4 cm³/mol. The molecule has 1 heterocycles. The van der Waals surface area contributed by atoms with Crippen LogP contribution in [0.4, 0.5) is 11.6 Å². The van der Waals surface area contributed by atoms with Crippen molar-refractivity contribution in [1.29, 1.82) is 0 Å². The summed E-state index contributed by atoms with van der Waals surface area (Å²) >= 11 is 15.2. The van der Waals surface area contributed by atoms with Crippen LogP contribution < -0.4 is 10.1 Å². The highest BCUT2D eigenvalue weighted by Crippen LogP contribution is 2.34. The first-order chi connectivity index (χ1) is 8.10. The van der Waals surface area contributed by atoms with E-state index < -0.39 is 0 Å². The fraction of sp³-hybridized carbons (Fsp3) is 0.111. The lowest BCUT2D eigenvalue weighted by atomic mass is 10.3. The molecule has 0 bridgehead atoms. The summed E-state index contributed by atoms with van der Waals surface area (Å²) in [4.78, 5) is 4.01. The Labute approximate surface area is 116 Å². The smallest absolute Gasteiger partial charge is 0.336 e. The molecular formula is C9H7BrCl2N4O. The number of H-pyrrole nitrogens is 1. The van der Waals surface area contributed by atoms with Crippen molar-refractivity contribution in [3.05, 3.63) is 26.7 Å². The minimum Gasteiger partial charge on any atom is -0.466 e. The van der Waals surface area contributed by atoms with Crippen molar-refractivity contribution >= 4 is 50.8 Å². The third-order valence-electron chi connectivity index (χ3n) is 1.89. The van der Waals surface area contributed by atoms with E-state index in [-0.39, 0.29) is 6.01 Å². The molecule has 2 N–H and O–H groups in total. The number of aromatic amines is 1. The van der Waals surface area contributed by atoms with Gasteiger partial charge < -0.3 is 10.1 Å². The molecule has 0 spiro atoms. The van der Waals surface area contributed by atoms with Gasteiger partial charge in [0.05, 0.1) is 21.6 Å². The summed E-state index contributed by atoms with van der Waals surface area (Å²) in [5.41, 5.74) is 0.696. The Morgan fingerprint density at radius 1 is 1.35 bits per heavy atom. The molecule has 5 nitrogen and oxygen atoms in total. The van der Waals surface area contributed by atoms with Gasteiger partial charge in [-0.3, -0.25) is 0 Å². The number of benzene rings is 1. The molecule has 1 aromatic heterocycles. The van der Waals surface area contributed by atoms with Gasteiger partial charge in [-0.15, -0.1) is 5.10 Å². The Kier molecular flexibility index (Phi) is 3.76. The molecule has 0 saturated heterocycles. The quantitative estimate of drug-likeness (QED) is 0.839. The van der Waals surface area contributed by atoms with Crippen LogP contribution in [0, 0.1) is 0 Å². The average Bonchev–Trinajstić information content (AvgIpc) is 2.73. The molecule has 0 atom stereocenters.